The molecule has 0 spiro atoms. The van der Waals surface area contributed by atoms with Crippen molar-refractivity contribution in [3.8, 4) is 0 Å². The van der Waals surface area contributed by atoms with E-state index in [1.165, 1.54) is 4.90 Å². The average Bonchev–Trinajstić information content (AvgIpc) is 2.89. The first-order valence-electron chi connectivity index (χ1n) is 12.6. The average molecular weight is 635 g/mol. The van der Waals surface area contributed by atoms with E-state index in [9.17, 15) is 18.0 Å². The maximum atomic E-state index is 14.1. The monoisotopic (exact) mass is 633 g/mol. The van der Waals surface area contributed by atoms with Gasteiger partial charge < -0.3 is 10.2 Å². The maximum Gasteiger partial charge on any atom is 0.244 e. The lowest BCUT2D eigenvalue weighted by molar-refractivity contribution is -0.140. The molecule has 0 saturated heterocycles. The van der Waals surface area contributed by atoms with Crippen LogP contribution in [0.2, 0.25) is 5.02 Å². The van der Waals surface area contributed by atoms with Gasteiger partial charge in [0.2, 0.25) is 21.8 Å². The molecule has 2 amide bonds. The fourth-order valence-corrected chi connectivity index (χ4v) is 5.47. The van der Waals surface area contributed by atoms with Gasteiger partial charge in [-0.3, -0.25) is 13.9 Å². The number of hydrogen-bond donors (Lipinski definition) is 1. The zero-order chi connectivity index (χ0) is 28.6. The molecule has 0 fully saturated rings. The summed E-state index contributed by atoms with van der Waals surface area (Å²) in [6.07, 6.45) is 2.01. The molecule has 1 N–H and O–H groups in total. The highest BCUT2D eigenvalue weighted by Crippen LogP contribution is 2.24. The van der Waals surface area contributed by atoms with Gasteiger partial charge in [-0.2, -0.15) is 0 Å². The van der Waals surface area contributed by atoms with E-state index in [1.54, 1.807) is 48.5 Å². The standard InChI is InChI=1S/C29H33BrClN3O4S/c1-4-21(2)32-29(36)27(17-22-11-6-5-7-12-22)33(19-23-13-8-9-16-26(23)31)28(35)20-34(39(3,37)38)25-15-10-14-24(30)18-25/h5-16,18,21,27H,4,17,19-20H2,1-3H3,(H,32,36). The Kier molecular flexibility index (Phi) is 11.0. The smallest absolute Gasteiger partial charge is 0.244 e. The van der Waals surface area contributed by atoms with Crippen LogP contribution >= 0.6 is 27.5 Å². The molecule has 0 heterocycles. The molecule has 0 radical (unpaired) electrons. The summed E-state index contributed by atoms with van der Waals surface area (Å²) in [7, 11) is -3.83. The molecule has 2 atom stereocenters. The molecule has 7 nitrogen and oxygen atoms in total. The van der Waals surface area contributed by atoms with Crippen LogP contribution in [0.25, 0.3) is 0 Å². The van der Waals surface area contributed by atoms with Crippen molar-refractivity contribution in [1.82, 2.24) is 10.2 Å². The number of carbonyl (C=O) groups excluding carboxylic acids is 2. The number of nitrogens with zero attached hydrogens (tertiary/aromatic N) is 2. The van der Waals surface area contributed by atoms with Crippen LogP contribution in [-0.4, -0.2) is 50.0 Å². The van der Waals surface area contributed by atoms with Crippen molar-refractivity contribution >= 4 is 55.1 Å². The number of rotatable bonds is 12. The molecule has 0 aliphatic rings. The van der Waals surface area contributed by atoms with Crippen molar-refractivity contribution in [3.63, 3.8) is 0 Å². The summed E-state index contributed by atoms with van der Waals surface area (Å²) in [5, 5.41) is 3.45. The van der Waals surface area contributed by atoms with Crippen molar-refractivity contribution in [2.45, 2.75) is 45.3 Å². The van der Waals surface area contributed by atoms with Gasteiger partial charge in [-0.15, -0.1) is 0 Å². The van der Waals surface area contributed by atoms with Gasteiger partial charge in [0.05, 0.1) is 11.9 Å². The summed E-state index contributed by atoms with van der Waals surface area (Å²) < 4.78 is 27.4. The SMILES string of the molecule is CCC(C)NC(=O)C(Cc1ccccc1)N(Cc1ccccc1Cl)C(=O)CN(c1cccc(Br)c1)S(C)(=O)=O. The molecule has 0 aliphatic heterocycles. The minimum absolute atomic E-state index is 0.0278. The summed E-state index contributed by atoms with van der Waals surface area (Å²) in [6.45, 7) is 3.41. The molecular weight excluding hydrogens is 602 g/mol. The van der Waals surface area contributed by atoms with Gasteiger partial charge in [0, 0.05) is 28.5 Å². The highest BCUT2D eigenvalue weighted by molar-refractivity contribution is 9.10. The molecule has 3 rings (SSSR count). The van der Waals surface area contributed by atoms with E-state index < -0.39 is 28.5 Å². The van der Waals surface area contributed by atoms with Crippen LogP contribution in [0.3, 0.4) is 0 Å². The van der Waals surface area contributed by atoms with E-state index in [-0.39, 0.29) is 24.9 Å². The zero-order valence-corrected chi connectivity index (χ0v) is 25.3. The first-order valence-corrected chi connectivity index (χ1v) is 15.6. The number of benzene rings is 3. The van der Waals surface area contributed by atoms with E-state index in [1.807, 2.05) is 44.2 Å². The summed E-state index contributed by atoms with van der Waals surface area (Å²) in [5.74, 6) is -0.845. The third kappa shape index (κ3) is 8.81. The lowest BCUT2D eigenvalue weighted by atomic mass is 10.0. The minimum Gasteiger partial charge on any atom is -0.352 e. The molecule has 3 aromatic carbocycles. The van der Waals surface area contributed by atoms with Crippen molar-refractivity contribution in [2.24, 2.45) is 0 Å². The molecule has 3 aromatic rings. The highest BCUT2D eigenvalue weighted by atomic mass is 79.9. The molecule has 10 heteroatoms. The molecule has 208 valence electrons. The van der Waals surface area contributed by atoms with Gasteiger partial charge in [0.25, 0.3) is 0 Å². The maximum absolute atomic E-state index is 14.1. The van der Waals surface area contributed by atoms with E-state index in [0.717, 1.165) is 16.1 Å². The highest BCUT2D eigenvalue weighted by Gasteiger charge is 2.33. The largest absolute Gasteiger partial charge is 0.352 e. The van der Waals surface area contributed by atoms with Crippen molar-refractivity contribution in [2.75, 3.05) is 17.1 Å². The van der Waals surface area contributed by atoms with Gasteiger partial charge in [-0.1, -0.05) is 89.1 Å². The van der Waals surface area contributed by atoms with Crippen LogP contribution < -0.4 is 9.62 Å². The molecule has 2 unspecified atom stereocenters. The molecule has 0 saturated carbocycles. The lowest BCUT2D eigenvalue weighted by Gasteiger charge is -2.34. The Morgan fingerprint density at radius 3 is 2.28 bits per heavy atom. The number of amides is 2. The summed E-state index contributed by atoms with van der Waals surface area (Å²) in [4.78, 5) is 29.1. The van der Waals surface area contributed by atoms with Crippen molar-refractivity contribution in [1.29, 1.82) is 0 Å². The molecule has 0 aromatic heterocycles. The number of anilines is 1. The first-order chi connectivity index (χ1) is 18.5. The van der Waals surface area contributed by atoms with Crippen LogP contribution in [0.1, 0.15) is 31.4 Å². The summed E-state index contributed by atoms with van der Waals surface area (Å²) in [6, 6.07) is 22.2. The Morgan fingerprint density at radius 1 is 1.00 bits per heavy atom. The Hall–Kier alpha value is -2.88. The number of halogens is 2. The number of carbonyl (C=O) groups is 2. The lowest BCUT2D eigenvalue weighted by Crippen LogP contribution is -2.54. The summed E-state index contributed by atoms with van der Waals surface area (Å²) in [5.41, 5.74) is 1.85. The Labute approximate surface area is 244 Å². The predicted octanol–water partition coefficient (Wildman–Crippen LogP) is 5.42. The fourth-order valence-electron chi connectivity index (χ4n) is 4.05. The molecule has 0 aliphatic carbocycles. The predicted molar refractivity (Wildman–Crippen MR) is 160 cm³/mol. The van der Waals surface area contributed by atoms with Crippen LogP contribution in [0.15, 0.2) is 83.3 Å². The van der Waals surface area contributed by atoms with Crippen molar-refractivity contribution in [3.05, 3.63) is 99.5 Å². The van der Waals surface area contributed by atoms with Gasteiger partial charge in [0.1, 0.15) is 12.6 Å². The van der Waals surface area contributed by atoms with Gasteiger partial charge in [-0.05, 0) is 48.7 Å². The van der Waals surface area contributed by atoms with E-state index in [0.29, 0.717) is 27.2 Å². The van der Waals surface area contributed by atoms with Gasteiger partial charge in [0.15, 0.2) is 0 Å². The van der Waals surface area contributed by atoms with Gasteiger partial charge >= 0.3 is 0 Å². The minimum atomic E-state index is -3.83. The first kappa shape index (κ1) is 30.7. The zero-order valence-electron chi connectivity index (χ0n) is 22.2. The normalized spacial score (nSPS) is 12.8. The quantitative estimate of drug-likeness (QED) is 0.288. The number of hydrogen-bond acceptors (Lipinski definition) is 4. The third-order valence-electron chi connectivity index (χ3n) is 6.35. The Morgan fingerprint density at radius 2 is 1.67 bits per heavy atom. The fraction of sp³-hybridized carbons (Fsp3) is 0.310. The van der Waals surface area contributed by atoms with E-state index in [4.69, 9.17) is 11.6 Å². The second kappa shape index (κ2) is 14.0. The third-order valence-corrected chi connectivity index (χ3v) is 8.35. The molecule has 39 heavy (non-hydrogen) atoms. The Bertz CT molecular complexity index is 1390. The second-order valence-electron chi connectivity index (χ2n) is 9.39. The summed E-state index contributed by atoms with van der Waals surface area (Å²) >= 11 is 9.83. The second-order valence-corrected chi connectivity index (χ2v) is 12.6. The Balaban J connectivity index is 2.07. The molecule has 0 bridgehead atoms. The van der Waals surface area contributed by atoms with E-state index >= 15 is 0 Å². The van der Waals surface area contributed by atoms with Crippen molar-refractivity contribution < 1.29 is 18.0 Å². The number of nitrogens with one attached hydrogen (secondary N) is 1. The topological polar surface area (TPSA) is 86.8 Å². The number of sulfonamides is 1. The van der Waals surface area contributed by atoms with Crippen LogP contribution in [0, 0.1) is 0 Å². The van der Waals surface area contributed by atoms with Crippen LogP contribution in [0.5, 0.6) is 0 Å². The van der Waals surface area contributed by atoms with Crippen LogP contribution in [0.4, 0.5) is 5.69 Å². The molecular formula is C29H33BrClN3O4S. The van der Waals surface area contributed by atoms with Gasteiger partial charge in [-0.25, -0.2) is 8.42 Å². The van der Waals surface area contributed by atoms with Crippen LogP contribution in [-0.2, 0) is 32.6 Å². The van der Waals surface area contributed by atoms with E-state index in [2.05, 4.69) is 21.2 Å².